The van der Waals surface area contributed by atoms with Gasteiger partial charge in [-0.3, -0.25) is 0 Å². The largest absolute Gasteiger partial charge is 0.417 e. The van der Waals surface area contributed by atoms with E-state index in [1.54, 1.807) is 0 Å². The van der Waals surface area contributed by atoms with Crippen LogP contribution in [0.1, 0.15) is 17.2 Å². The summed E-state index contributed by atoms with van der Waals surface area (Å²) >= 11 is 5.56. The number of aliphatic hydroxyl groups is 1. The molecule has 15 heavy (non-hydrogen) atoms. The number of halogens is 4. The first-order valence-corrected chi connectivity index (χ1v) is 4.47. The first-order chi connectivity index (χ1) is 6.88. The summed E-state index contributed by atoms with van der Waals surface area (Å²) in [4.78, 5) is 0. The van der Waals surface area contributed by atoms with Gasteiger partial charge >= 0.3 is 6.18 Å². The SMILES string of the molecule is N[C@@H](CO)c1cccc(C(F)(F)F)c1Cl. The summed E-state index contributed by atoms with van der Waals surface area (Å²) in [6.07, 6.45) is -4.51. The van der Waals surface area contributed by atoms with Crippen molar-refractivity contribution in [1.29, 1.82) is 0 Å². The van der Waals surface area contributed by atoms with Crippen LogP contribution in [0.2, 0.25) is 5.02 Å². The second-order valence-electron chi connectivity index (χ2n) is 3.00. The molecule has 1 aromatic rings. The number of nitrogens with two attached hydrogens (primary N) is 1. The van der Waals surface area contributed by atoms with E-state index in [0.29, 0.717) is 0 Å². The van der Waals surface area contributed by atoms with Gasteiger partial charge in [-0.25, -0.2) is 0 Å². The molecule has 0 aliphatic heterocycles. The number of rotatable bonds is 2. The average molecular weight is 240 g/mol. The zero-order valence-electron chi connectivity index (χ0n) is 7.55. The lowest BCUT2D eigenvalue weighted by Crippen LogP contribution is -2.17. The molecule has 0 aromatic heterocycles. The molecule has 3 N–H and O–H groups in total. The predicted octanol–water partition coefficient (Wildman–Crippen LogP) is 2.35. The van der Waals surface area contributed by atoms with Crippen LogP contribution < -0.4 is 5.73 Å². The van der Waals surface area contributed by atoms with Crippen molar-refractivity contribution in [3.05, 3.63) is 34.3 Å². The van der Waals surface area contributed by atoms with Gasteiger partial charge in [0.2, 0.25) is 0 Å². The molecule has 0 saturated carbocycles. The lowest BCUT2D eigenvalue weighted by Gasteiger charge is -2.15. The summed E-state index contributed by atoms with van der Waals surface area (Å²) in [5.74, 6) is 0. The quantitative estimate of drug-likeness (QED) is 0.832. The Morgan fingerprint density at radius 2 is 2.00 bits per heavy atom. The van der Waals surface area contributed by atoms with Crippen molar-refractivity contribution >= 4 is 11.6 Å². The fraction of sp³-hybridized carbons (Fsp3) is 0.333. The Morgan fingerprint density at radius 3 is 2.47 bits per heavy atom. The smallest absolute Gasteiger partial charge is 0.394 e. The minimum Gasteiger partial charge on any atom is -0.394 e. The van der Waals surface area contributed by atoms with Gasteiger partial charge in [0.05, 0.1) is 23.2 Å². The Kier molecular flexibility index (Phi) is 3.59. The van der Waals surface area contributed by atoms with Gasteiger partial charge in [0.25, 0.3) is 0 Å². The molecule has 0 saturated heterocycles. The van der Waals surface area contributed by atoms with E-state index in [4.69, 9.17) is 22.4 Å². The minimum atomic E-state index is -4.51. The Morgan fingerprint density at radius 1 is 1.40 bits per heavy atom. The molecule has 0 spiro atoms. The molecule has 0 aliphatic carbocycles. The van der Waals surface area contributed by atoms with Crippen LogP contribution in [0, 0.1) is 0 Å². The van der Waals surface area contributed by atoms with Gasteiger partial charge in [0.15, 0.2) is 0 Å². The van der Waals surface area contributed by atoms with E-state index in [-0.39, 0.29) is 5.56 Å². The number of alkyl halides is 3. The van der Waals surface area contributed by atoms with Crippen LogP contribution in [0.15, 0.2) is 18.2 Å². The fourth-order valence-electron chi connectivity index (χ4n) is 1.15. The molecule has 1 atom stereocenters. The van der Waals surface area contributed by atoms with Crippen molar-refractivity contribution in [1.82, 2.24) is 0 Å². The van der Waals surface area contributed by atoms with E-state index < -0.39 is 29.4 Å². The summed E-state index contributed by atoms with van der Waals surface area (Å²) in [5.41, 5.74) is 4.56. The maximum absolute atomic E-state index is 12.4. The highest BCUT2D eigenvalue weighted by atomic mass is 35.5. The van der Waals surface area contributed by atoms with Gasteiger partial charge in [0.1, 0.15) is 0 Å². The summed E-state index contributed by atoms with van der Waals surface area (Å²) in [6.45, 7) is -0.457. The predicted molar refractivity (Wildman–Crippen MR) is 50.5 cm³/mol. The average Bonchev–Trinajstić information content (AvgIpc) is 2.15. The van der Waals surface area contributed by atoms with E-state index in [1.807, 2.05) is 0 Å². The molecule has 0 bridgehead atoms. The maximum atomic E-state index is 12.4. The molecule has 6 heteroatoms. The van der Waals surface area contributed by atoms with Crippen molar-refractivity contribution in [2.75, 3.05) is 6.61 Å². The van der Waals surface area contributed by atoms with Gasteiger partial charge in [-0.05, 0) is 11.6 Å². The fourth-order valence-corrected chi connectivity index (χ4v) is 1.53. The molecule has 2 nitrogen and oxygen atoms in total. The van der Waals surface area contributed by atoms with E-state index >= 15 is 0 Å². The summed E-state index contributed by atoms with van der Waals surface area (Å²) in [5, 5.41) is 8.29. The van der Waals surface area contributed by atoms with E-state index in [2.05, 4.69) is 0 Å². The van der Waals surface area contributed by atoms with Crippen molar-refractivity contribution < 1.29 is 18.3 Å². The Bertz CT molecular complexity index is 354. The zero-order chi connectivity index (χ0) is 11.6. The number of aliphatic hydroxyl groups excluding tert-OH is 1. The number of hydrogen-bond donors (Lipinski definition) is 2. The normalized spacial score (nSPS) is 14.0. The van der Waals surface area contributed by atoms with Crippen LogP contribution in [-0.4, -0.2) is 11.7 Å². The van der Waals surface area contributed by atoms with Gasteiger partial charge in [0, 0.05) is 0 Å². The van der Waals surface area contributed by atoms with Crippen LogP contribution >= 0.6 is 11.6 Å². The van der Waals surface area contributed by atoms with Gasteiger partial charge < -0.3 is 10.8 Å². The molecule has 0 fully saturated rings. The molecule has 1 rings (SSSR count). The van der Waals surface area contributed by atoms with Crippen LogP contribution in [0.3, 0.4) is 0 Å². The van der Waals surface area contributed by atoms with Crippen molar-refractivity contribution in [3.63, 3.8) is 0 Å². The molecular weight excluding hydrogens is 231 g/mol. The van der Waals surface area contributed by atoms with Crippen molar-refractivity contribution in [2.45, 2.75) is 12.2 Å². The maximum Gasteiger partial charge on any atom is 0.417 e. The highest BCUT2D eigenvalue weighted by molar-refractivity contribution is 6.32. The Balaban J connectivity index is 3.23. The lowest BCUT2D eigenvalue weighted by molar-refractivity contribution is -0.137. The summed E-state index contributed by atoms with van der Waals surface area (Å²) in [6, 6.07) is 2.54. The molecule has 1 aromatic carbocycles. The minimum absolute atomic E-state index is 0.0917. The summed E-state index contributed by atoms with van der Waals surface area (Å²) < 4.78 is 37.2. The molecule has 0 heterocycles. The highest BCUT2D eigenvalue weighted by Gasteiger charge is 2.34. The summed E-state index contributed by atoms with van der Waals surface area (Å²) in [7, 11) is 0. The second kappa shape index (κ2) is 4.38. The van der Waals surface area contributed by atoms with Gasteiger partial charge in [-0.1, -0.05) is 23.7 Å². The third kappa shape index (κ3) is 2.62. The van der Waals surface area contributed by atoms with Crippen LogP contribution in [0.4, 0.5) is 13.2 Å². The topological polar surface area (TPSA) is 46.2 Å². The highest BCUT2D eigenvalue weighted by Crippen LogP contribution is 2.37. The first kappa shape index (κ1) is 12.3. The van der Waals surface area contributed by atoms with Gasteiger partial charge in [-0.15, -0.1) is 0 Å². The van der Waals surface area contributed by atoms with Crippen LogP contribution in [-0.2, 0) is 6.18 Å². The number of hydrogen-bond acceptors (Lipinski definition) is 2. The standard InChI is InChI=1S/C9H9ClF3NO/c10-8-5(7(14)4-15)2-1-3-6(8)9(11,12)13/h1-3,7,15H,4,14H2/t7-/m0/s1. The van der Waals surface area contributed by atoms with Gasteiger partial charge in [-0.2, -0.15) is 13.2 Å². The molecule has 0 unspecified atom stereocenters. The van der Waals surface area contributed by atoms with Crippen LogP contribution in [0.5, 0.6) is 0 Å². The van der Waals surface area contributed by atoms with E-state index in [0.717, 1.165) is 6.07 Å². The van der Waals surface area contributed by atoms with Crippen LogP contribution in [0.25, 0.3) is 0 Å². The molecular formula is C9H9ClF3NO. The third-order valence-electron chi connectivity index (χ3n) is 1.93. The molecule has 0 radical (unpaired) electrons. The Labute approximate surface area is 89.5 Å². The van der Waals surface area contributed by atoms with Crippen molar-refractivity contribution in [2.24, 2.45) is 5.73 Å². The first-order valence-electron chi connectivity index (χ1n) is 4.10. The molecule has 0 amide bonds. The second-order valence-corrected chi connectivity index (χ2v) is 3.37. The monoisotopic (exact) mass is 239 g/mol. The third-order valence-corrected chi connectivity index (χ3v) is 2.35. The van der Waals surface area contributed by atoms with E-state index in [1.165, 1.54) is 12.1 Å². The number of benzene rings is 1. The zero-order valence-corrected chi connectivity index (χ0v) is 8.31. The van der Waals surface area contributed by atoms with E-state index in [9.17, 15) is 13.2 Å². The Hall–Kier alpha value is -0.780. The molecule has 84 valence electrons. The van der Waals surface area contributed by atoms with Crippen molar-refractivity contribution in [3.8, 4) is 0 Å². The molecule has 0 aliphatic rings. The lowest BCUT2D eigenvalue weighted by atomic mass is 10.0.